The summed E-state index contributed by atoms with van der Waals surface area (Å²) in [6.07, 6.45) is -1.54. The topological polar surface area (TPSA) is 142 Å². The minimum atomic E-state index is -5.19. The van der Waals surface area contributed by atoms with E-state index in [1.165, 1.54) is 6.07 Å². The van der Waals surface area contributed by atoms with Gasteiger partial charge in [0.15, 0.2) is 6.20 Å². The number of hydrogen-bond acceptors (Lipinski definition) is 6. The zero-order valence-corrected chi connectivity index (χ0v) is 20.4. The van der Waals surface area contributed by atoms with Gasteiger partial charge in [-0.1, -0.05) is 36.5 Å². The number of alkyl halides is 3. The van der Waals surface area contributed by atoms with E-state index in [2.05, 4.69) is 33.8 Å². The number of fused-ring (bicyclic) bond motifs is 1. The number of H-pyrrole nitrogens is 2. The van der Waals surface area contributed by atoms with Gasteiger partial charge in [-0.3, -0.25) is 0 Å². The number of carbonyl (C=O) groups excluding carboxylic acids is 1. The standard InChI is InChI=1S/C22H19ClN4O3.C2HF3O2/c1-11(2)20-24-9-13(10-25-20)16-7-18-19(8-17(16)23)27-22(26-18)30-14-5-4-12(3)15(6-14)21(28)29;3-2(4,5)1(6)7/h4-11H,1-3H3,(H,26,27)(H,28,29);(H,6,7). The van der Waals surface area contributed by atoms with Crippen molar-refractivity contribution in [2.75, 3.05) is 0 Å². The number of aromatic carboxylic acids is 1. The first-order valence-corrected chi connectivity index (χ1v) is 11.0. The SMILES string of the molecule is Cc1ccc(Oc2nc3cc(-c4cnc(C(C)C)[nH+]c4)c(Cl)cc3[nH]2)cc1C(=O)O.O=C([O-])C(F)(F)F. The lowest BCUT2D eigenvalue weighted by Crippen LogP contribution is -2.37. The molecule has 0 atom stereocenters. The minimum absolute atomic E-state index is 0.183. The third-order valence-corrected chi connectivity index (χ3v) is 5.32. The Morgan fingerprint density at radius 1 is 1.22 bits per heavy atom. The molecule has 0 bridgehead atoms. The minimum Gasteiger partial charge on any atom is -0.542 e. The number of benzene rings is 2. The normalized spacial score (nSPS) is 11.2. The van der Waals surface area contributed by atoms with Crippen LogP contribution >= 0.6 is 11.6 Å². The molecule has 4 rings (SSSR count). The Bertz CT molecular complexity index is 1450. The van der Waals surface area contributed by atoms with Crippen LogP contribution in [0, 0.1) is 6.92 Å². The van der Waals surface area contributed by atoms with Gasteiger partial charge in [0.25, 0.3) is 11.8 Å². The zero-order valence-electron chi connectivity index (χ0n) is 19.6. The summed E-state index contributed by atoms with van der Waals surface area (Å²) in [6, 6.07) is 8.75. The Morgan fingerprint density at radius 3 is 2.43 bits per heavy atom. The molecule has 194 valence electrons. The van der Waals surface area contributed by atoms with E-state index in [0.717, 1.165) is 17.0 Å². The maximum atomic E-state index is 11.3. The van der Waals surface area contributed by atoms with Gasteiger partial charge in [-0.25, -0.2) is 9.78 Å². The monoisotopic (exact) mass is 536 g/mol. The number of carbonyl (C=O) groups is 2. The third-order valence-electron chi connectivity index (χ3n) is 5.01. The number of carboxylic acid groups (broad SMARTS) is 2. The van der Waals surface area contributed by atoms with Crippen LogP contribution < -0.4 is 14.8 Å². The highest BCUT2D eigenvalue weighted by Gasteiger charge is 2.28. The highest BCUT2D eigenvalue weighted by Crippen LogP contribution is 2.32. The second kappa shape index (κ2) is 10.8. The van der Waals surface area contributed by atoms with Crippen molar-refractivity contribution in [1.29, 1.82) is 0 Å². The first kappa shape index (κ1) is 27.4. The van der Waals surface area contributed by atoms with E-state index in [4.69, 9.17) is 26.2 Å². The maximum absolute atomic E-state index is 11.3. The van der Waals surface area contributed by atoms with Crippen LogP contribution in [0.3, 0.4) is 0 Å². The lowest BCUT2D eigenvalue weighted by molar-refractivity contribution is -0.396. The summed E-state index contributed by atoms with van der Waals surface area (Å²) in [4.78, 5) is 35.3. The number of imidazole rings is 1. The Labute approximate surface area is 212 Å². The number of hydrogen-bond donors (Lipinski definition) is 2. The van der Waals surface area contributed by atoms with Gasteiger partial charge in [-0.15, -0.1) is 0 Å². The van der Waals surface area contributed by atoms with E-state index in [0.29, 0.717) is 33.3 Å². The van der Waals surface area contributed by atoms with Crippen molar-refractivity contribution in [3.8, 4) is 22.9 Å². The van der Waals surface area contributed by atoms with Crippen LogP contribution in [0.1, 0.15) is 41.5 Å². The number of carboxylic acids is 2. The molecule has 0 amide bonds. The molecule has 0 saturated carbocycles. The van der Waals surface area contributed by atoms with E-state index in [1.807, 2.05) is 12.3 Å². The zero-order chi connectivity index (χ0) is 27.5. The fourth-order valence-corrected chi connectivity index (χ4v) is 3.38. The molecule has 0 radical (unpaired) electrons. The molecule has 0 spiro atoms. The predicted molar refractivity (Wildman–Crippen MR) is 124 cm³/mol. The second-order valence-corrected chi connectivity index (χ2v) is 8.51. The van der Waals surface area contributed by atoms with E-state index >= 15 is 0 Å². The fourth-order valence-electron chi connectivity index (χ4n) is 3.11. The molecule has 0 fully saturated rings. The van der Waals surface area contributed by atoms with Crippen LogP contribution in [0.25, 0.3) is 22.2 Å². The number of aliphatic carboxylic acids is 1. The lowest BCUT2D eigenvalue weighted by atomic mass is 10.1. The molecule has 2 heterocycles. The molecular formula is C24H20ClF3N4O5. The van der Waals surface area contributed by atoms with Crippen molar-refractivity contribution in [1.82, 2.24) is 15.0 Å². The van der Waals surface area contributed by atoms with E-state index in [1.54, 1.807) is 31.3 Å². The molecule has 2 aromatic heterocycles. The van der Waals surface area contributed by atoms with Crippen molar-refractivity contribution in [3.63, 3.8) is 0 Å². The van der Waals surface area contributed by atoms with Crippen LogP contribution in [-0.2, 0) is 4.79 Å². The van der Waals surface area contributed by atoms with Gasteiger partial charge in [0.05, 0.1) is 39.3 Å². The number of aromatic amines is 2. The summed E-state index contributed by atoms with van der Waals surface area (Å²) in [5.74, 6) is -2.44. The number of halogens is 4. The van der Waals surface area contributed by atoms with Gasteiger partial charge in [0, 0.05) is 5.56 Å². The Kier molecular flexibility index (Phi) is 8.02. The third kappa shape index (κ3) is 6.73. The summed E-state index contributed by atoms with van der Waals surface area (Å²) in [5.41, 5.74) is 3.86. The summed E-state index contributed by atoms with van der Waals surface area (Å²) in [6.45, 7) is 5.87. The van der Waals surface area contributed by atoms with Gasteiger partial charge >= 0.3 is 12.1 Å². The first-order chi connectivity index (χ1) is 17.3. The highest BCUT2D eigenvalue weighted by molar-refractivity contribution is 6.34. The smallest absolute Gasteiger partial charge is 0.430 e. The molecule has 4 aromatic rings. The van der Waals surface area contributed by atoms with Crippen LogP contribution in [0.4, 0.5) is 13.2 Å². The van der Waals surface area contributed by atoms with Crippen LogP contribution in [0.2, 0.25) is 5.02 Å². The molecule has 0 aliphatic carbocycles. The van der Waals surface area contributed by atoms with Crippen molar-refractivity contribution in [3.05, 3.63) is 64.7 Å². The quantitative estimate of drug-likeness (QED) is 0.387. The number of aryl methyl sites for hydroxylation is 1. The fraction of sp³-hybridized carbons (Fsp3) is 0.208. The second-order valence-electron chi connectivity index (χ2n) is 8.10. The lowest BCUT2D eigenvalue weighted by Gasteiger charge is -2.05. The largest absolute Gasteiger partial charge is 0.542 e. The van der Waals surface area contributed by atoms with Crippen molar-refractivity contribution >= 4 is 34.6 Å². The number of rotatable bonds is 5. The van der Waals surface area contributed by atoms with Crippen LogP contribution in [0.5, 0.6) is 11.8 Å². The maximum Gasteiger partial charge on any atom is 0.430 e. The molecule has 13 heteroatoms. The van der Waals surface area contributed by atoms with E-state index in [9.17, 15) is 23.1 Å². The summed E-state index contributed by atoms with van der Waals surface area (Å²) in [7, 11) is 0. The average Bonchev–Trinajstić information content (AvgIpc) is 3.20. The molecule has 0 unspecified atom stereocenters. The predicted octanol–water partition coefficient (Wildman–Crippen LogP) is 4.31. The van der Waals surface area contributed by atoms with Gasteiger partial charge < -0.3 is 24.7 Å². The van der Waals surface area contributed by atoms with Gasteiger partial charge in [-0.2, -0.15) is 18.2 Å². The summed E-state index contributed by atoms with van der Waals surface area (Å²) >= 11 is 6.49. The van der Waals surface area contributed by atoms with Crippen LogP contribution in [-0.4, -0.2) is 38.2 Å². The molecular weight excluding hydrogens is 517 g/mol. The van der Waals surface area contributed by atoms with E-state index in [-0.39, 0.29) is 11.6 Å². The van der Waals surface area contributed by atoms with Crippen LogP contribution in [0.15, 0.2) is 42.7 Å². The highest BCUT2D eigenvalue weighted by atomic mass is 35.5. The molecule has 9 nitrogen and oxygen atoms in total. The van der Waals surface area contributed by atoms with Gasteiger partial charge in [0.2, 0.25) is 0 Å². The van der Waals surface area contributed by atoms with Gasteiger partial charge in [-0.05, 0) is 36.8 Å². The Balaban J connectivity index is 0.000000479. The molecule has 0 aliphatic heterocycles. The molecule has 37 heavy (non-hydrogen) atoms. The number of nitrogens with zero attached hydrogens (tertiary/aromatic N) is 2. The van der Waals surface area contributed by atoms with Crippen molar-refractivity contribution in [2.45, 2.75) is 32.9 Å². The Hall–Kier alpha value is -4.19. The first-order valence-electron chi connectivity index (χ1n) is 10.6. The summed E-state index contributed by atoms with van der Waals surface area (Å²) < 4.78 is 37.3. The number of nitrogens with one attached hydrogen (secondary N) is 2. The molecule has 2 aromatic carbocycles. The Morgan fingerprint density at radius 2 is 1.89 bits per heavy atom. The van der Waals surface area contributed by atoms with Crippen molar-refractivity contribution in [2.24, 2.45) is 0 Å². The molecule has 3 N–H and O–H groups in total. The average molecular weight is 537 g/mol. The summed E-state index contributed by atoms with van der Waals surface area (Å²) in [5, 5.41) is 18.6. The van der Waals surface area contributed by atoms with E-state index < -0.39 is 18.1 Å². The van der Waals surface area contributed by atoms with Crippen molar-refractivity contribution < 1.29 is 42.7 Å². The molecule has 0 aliphatic rings. The van der Waals surface area contributed by atoms with Gasteiger partial charge in [0.1, 0.15) is 11.7 Å². The molecule has 0 saturated heterocycles. The number of ether oxygens (including phenoxy) is 1. The number of aromatic nitrogens is 4.